The van der Waals surface area contributed by atoms with E-state index in [1.807, 2.05) is 30.3 Å². The number of nitrogens with zero attached hydrogens (tertiary/aromatic N) is 2. The molecule has 96 valence electrons. The molecule has 0 aliphatic rings. The van der Waals surface area contributed by atoms with Gasteiger partial charge in [0.2, 0.25) is 0 Å². The molecule has 0 radical (unpaired) electrons. The molecule has 3 heterocycles. The van der Waals surface area contributed by atoms with Gasteiger partial charge in [-0.05, 0) is 42.7 Å². The lowest BCUT2D eigenvalue weighted by Crippen LogP contribution is -1.84. The van der Waals surface area contributed by atoms with Crippen molar-refractivity contribution in [3.05, 3.63) is 60.4 Å². The monoisotopic (exact) mass is 263 g/mol. The highest BCUT2D eigenvalue weighted by molar-refractivity contribution is 6.07. The minimum Gasteiger partial charge on any atom is -0.454 e. The number of hydrogen-bond acceptors (Lipinski definition) is 3. The van der Waals surface area contributed by atoms with Crippen LogP contribution in [0.3, 0.4) is 0 Å². The summed E-state index contributed by atoms with van der Waals surface area (Å²) in [6.07, 6.45) is 3.12. The van der Waals surface area contributed by atoms with Crippen LogP contribution in [0.4, 0.5) is 0 Å². The molecule has 0 spiro atoms. The summed E-state index contributed by atoms with van der Waals surface area (Å²) in [5.41, 5.74) is 3.94. The van der Waals surface area contributed by atoms with Gasteiger partial charge in [0.25, 0.3) is 0 Å². The number of fused-ring (bicyclic) bond motifs is 3. The van der Waals surface area contributed by atoms with Crippen LogP contribution in [0.1, 0.15) is 9.68 Å². The zero-order valence-corrected chi connectivity index (χ0v) is 10.5. The van der Waals surface area contributed by atoms with Gasteiger partial charge in [0.1, 0.15) is 11.1 Å². The van der Waals surface area contributed by atoms with Crippen molar-refractivity contribution in [2.45, 2.75) is 6.85 Å². The van der Waals surface area contributed by atoms with Gasteiger partial charge in [-0.1, -0.05) is 12.1 Å². The molecular weight excluding hydrogens is 248 g/mol. The Morgan fingerprint density at radius 3 is 2.90 bits per heavy atom. The molecule has 0 aliphatic carbocycles. The topological polar surface area (TPSA) is 38.9 Å². The predicted octanol–water partition coefficient (Wildman–Crippen LogP) is 4.35. The van der Waals surface area contributed by atoms with Crippen LogP contribution in [-0.4, -0.2) is 9.97 Å². The zero-order chi connectivity index (χ0) is 16.0. The lowest BCUT2D eigenvalue weighted by Gasteiger charge is -2.01. The summed E-state index contributed by atoms with van der Waals surface area (Å²) in [6, 6.07) is 12.8. The number of furan rings is 1. The van der Waals surface area contributed by atoms with Crippen LogP contribution in [0.5, 0.6) is 0 Å². The molecular formula is C17H12N2O. The van der Waals surface area contributed by atoms with Gasteiger partial charge in [-0.2, -0.15) is 0 Å². The second kappa shape index (κ2) is 4.17. The molecule has 4 rings (SSSR count). The smallest absolute Gasteiger partial charge is 0.153 e. The van der Waals surface area contributed by atoms with Gasteiger partial charge >= 0.3 is 0 Å². The lowest BCUT2D eigenvalue weighted by atomic mass is 10.1. The second-order valence-electron chi connectivity index (χ2n) is 4.57. The first-order valence-electron chi connectivity index (χ1n) is 7.77. The van der Waals surface area contributed by atoms with Crippen LogP contribution in [0.2, 0.25) is 0 Å². The van der Waals surface area contributed by atoms with Crippen LogP contribution < -0.4 is 0 Å². The predicted molar refractivity (Wildman–Crippen MR) is 79.5 cm³/mol. The van der Waals surface area contributed by atoms with Gasteiger partial charge in [-0.15, -0.1) is 0 Å². The standard InChI is InChI=1S/C17H12N2O/c1-11-7-8-14(19-10-11)12-4-2-5-13-16-15(20-17(12)13)6-3-9-18-16/h2-10H,1H3/i1D3. The maximum absolute atomic E-state index is 7.42. The maximum atomic E-state index is 7.42. The minimum absolute atomic E-state index is 0.222. The number of pyridine rings is 2. The van der Waals surface area contributed by atoms with E-state index in [0.29, 0.717) is 16.9 Å². The van der Waals surface area contributed by atoms with Crippen LogP contribution in [0, 0.1) is 6.85 Å². The Hall–Kier alpha value is -2.68. The Morgan fingerprint density at radius 1 is 1.05 bits per heavy atom. The van der Waals surface area contributed by atoms with Gasteiger partial charge in [0.05, 0.1) is 5.69 Å². The Kier molecular flexibility index (Phi) is 1.77. The Morgan fingerprint density at radius 2 is 2.05 bits per heavy atom. The molecule has 0 unspecified atom stereocenters. The molecule has 3 heteroatoms. The summed E-state index contributed by atoms with van der Waals surface area (Å²) in [6.45, 7) is -2.15. The summed E-state index contributed by atoms with van der Waals surface area (Å²) in [5.74, 6) is 0. The molecule has 0 saturated heterocycles. The highest BCUT2D eigenvalue weighted by Gasteiger charge is 2.12. The molecule has 20 heavy (non-hydrogen) atoms. The first-order valence-corrected chi connectivity index (χ1v) is 6.27. The van der Waals surface area contributed by atoms with Crippen molar-refractivity contribution in [1.82, 2.24) is 9.97 Å². The average molecular weight is 263 g/mol. The van der Waals surface area contributed by atoms with Crippen molar-refractivity contribution in [3.8, 4) is 11.3 Å². The highest BCUT2D eigenvalue weighted by atomic mass is 16.3. The number of aryl methyl sites for hydroxylation is 1. The third-order valence-corrected chi connectivity index (χ3v) is 3.29. The van der Waals surface area contributed by atoms with Crippen molar-refractivity contribution in [2.75, 3.05) is 0 Å². The molecule has 3 aromatic heterocycles. The van der Waals surface area contributed by atoms with Gasteiger partial charge in [-0.3, -0.25) is 9.97 Å². The molecule has 0 amide bonds. The summed E-state index contributed by atoms with van der Waals surface area (Å²) in [4.78, 5) is 8.66. The fraction of sp³-hybridized carbons (Fsp3) is 0.0588. The van der Waals surface area contributed by atoms with Crippen LogP contribution in [0.25, 0.3) is 33.3 Å². The van der Waals surface area contributed by atoms with E-state index in [9.17, 15) is 0 Å². The van der Waals surface area contributed by atoms with Gasteiger partial charge in [0, 0.05) is 27.5 Å². The summed E-state index contributed by atoms with van der Waals surface area (Å²) >= 11 is 0. The number of aromatic nitrogens is 2. The van der Waals surface area contributed by atoms with E-state index < -0.39 is 6.85 Å². The quantitative estimate of drug-likeness (QED) is 0.512. The Balaban J connectivity index is 1.92. The molecule has 4 aromatic rings. The molecule has 0 bridgehead atoms. The van der Waals surface area contributed by atoms with Crippen molar-refractivity contribution in [1.29, 1.82) is 0 Å². The van der Waals surface area contributed by atoms with Crippen LogP contribution in [0.15, 0.2) is 59.3 Å². The highest BCUT2D eigenvalue weighted by Crippen LogP contribution is 2.33. The first-order chi connectivity index (χ1) is 11.0. The average Bonchev–Trinajstić information content (AvgIpc) is 2.93. The molecule has 0 atom stereocenters. The molecule has 3 nitrogen and oxygen atoms in total. The number of hydrogen-bond donors (Lipinski definition) is 0. The molecule has 0 aliphatic heterocycles. The number of rotatable bonds is 1. The fourth-order valence-corrected chi connectivity index (χ4v) is 2.37. The minimum atomic E-state index is -2.15. The lowest BCUT2D eigenvalue weighted by molar-refractivity contribution is 0.669. The fourth-order valence-electron chi connectivity index (χ4n) is 2.37. The van der Waals surface area contributed by atoms with E-state index in [2.05, 4.69) is 9.97 Å². The van der Waals surface area contributed by atoms with Crippen molar-refractivity contribution >= 4 is 22.1 Å². The summed E-state index contributed by atoms with van der Waals surface area (Å²) < 4.78 is 28.2. The van der Waals surface area contributed by atoms with E-state index in [1.54, 1.807) is 18.3 Å². The molecule has 0 saturated carbocycles. The molecule has 0 N–H and O–H groups in total. The van der Waals surface area contributed by atoms with Gasteiger partial charge in [0.15, 0.2) is 5.58 Å². The molecule has 0 fully saturated rings. The number of benzene rings is 1. The normalized spacial score (nSPS) is 14.1. The summed E-state index contributed by atoms with van der Waals surface area (Å²) in [5, 5.41) is 0.916. The maximum Gasteiger partial charge on any atom is 0.153 e. The zero-order valence-electron chi connectivity index (χ0n) is 13.5. The Labute approximate surface area is 120 Å². The second-order valence-corrected chi connectivity index (χ2v) is 4.57. The van der Waals surface area contributed by atoms with Crippen LogP contribution >= 0.6 is 0 Å². The molecule has 1 aromatic carbocycles. The largest absolute Gasteiger partial charge is 0.454 e. The van der Waals surface area contributed by atoms with Crippen molar-refractivity contribution < 1.29 is 8.53 Å². The van der Waals surface area contributed by atoms with Gasteiger partial charge < -0.3 is 4.42 Å². The third-order valence-electron chi connectivity index (χ3n) is 3.29. The van der Waals surface area contributed by atoms with E-state index in [1.165, 1.54) is 6.20 Å². The van der Waals surface area contributed by atoms with Gasteiger partial charge in [-0.25, -0.2) is 0 Å². The summed E-state index contributed by atoms with van der Waals surface area (Å²) in [7, 11) is 0. The van der Waals surface area contributed by atoms with E-state index in [4.69, 9.17) is 8.53 Å². The van der Waals surface area contributed by atoms with E-state index in [0.717, 1.165) is 16.5 Å². The third kappa shape index (κ3) is 1.60. The first kappa shape index (κ1) is 8.48. The van der Waals surface area contributed by atoms with E-state index in [-0.39, 0.29) is 5.56 Å². The SMILES string of the molecule is [2H]C([2H])([2H])c1ccc(-c2cccc3c2oc2cccnc23)nc1. The number of para-hydroxylation sites is 1. The van der Waals surface area contributed by atoms with Crippen LogP contribution in [-0.2, 0) is 0 Å². The van der Waals surface area contributed by atoms with Crippen molar-refractivity contribution in [2.24, 2.45) is 0 Å². The Bertz CT molecular complexity index is 1000. The van der Waals surface area contributed by atoms with Crippen molar-refractivity contribution in [3.63, 3.8) is 0 Å². The van der Waals surface area contributed by atoms with E-state index >= 15 is 0 Å².